The summed E-state index contributed by atoms with van der Waals surface area (Å²) in [4.78, 5) is 14.6. The fourth-order valence-corrected chi connectivity index (χ4v) is 2.61. The number of nitrogens with one attached hydrogen (secondary N) is 1. The minimum atomic E-state index is 0.00597. The maximum absolute atomic E-state index is 12.3. The first-order valence-electron chi connectivity index (χ1n) is 7.63. The second-order valence-electron chi connectivity index (χ2n) is 6.11. The van der Waals surface area contributed by atoms with Crippen molar-refractivity contribution in [3.8, 4) is 5.75 Å². The van der Waals surface area contributed by atoms with E-state index < -0.39 is 0 Å². The summed E-state index contributed by atoms with van der Waals surface area (Å²) in [6.45, 7) is 1.52. The van der Waals surface area contributed by atoms with Crippen LogP contribution in [0.15, 0.2) is 18.2 Å². The fourth-order valence-electron chi connectivity index (χ4n) is 2.61. The van der Waals surface area contributed by atoms with Crippen LogP contribution < -0.4 is 15.8 Å². The number of hydrogen-bond donors (Lipinski definition) is 2. The van der Waals surface area contributed by atoms with Crippen LogP contribution in [0.1, 0.15) is 25.7 Å². The molecule has 2 fully saturated rings. The maximum Gasteiger partial charge on any atom is 0.238 e. The molecule has 5 nitrogen and oxygen atoms in total. The number of carbonyl (C=O) groups excluding carboxylic acids is 1. The molecule has 5 heteroatoms. The number of hydrogen-bond acceptors (Lipinski definition) is 4. The molecule has 3 N–H and O–H groups in total. The predicted molar refractivity (Wildman–Crippen MR) is 83.4 cm³/mol. The van der Waals surface area contributed by atoms with E-state index in [1.54, 1.807) is 25.3 Å². The maximum atomic E-state index is 12.3. The van der Waals surface area contributed by atoms with Gasteiger partial charge >= 0.3 is 0 Å². The molecule has 0 spiro atoms. The van der Waals surface area contributed by atoms with Crippen molar-refractivity contribution >= 4 is 17.3 Å². The number of methoxy groups -OCH3 is 1. The molecular weight excluding hydrogens is 266 g/mol. The molecule has 0 bridgehead atoms. The van der Waals surface area contributed by atoms with Gasteiger partial charge in [-0.3, -0.25) is 9.69 Å². The van der Waals surface area contributed by atoms with E-state index in [4.69, 9.17) is 10.5 Å². The molecule has 0 aromatic heterocycles. The third-order valence-corrected chi connectivity index (χ3v) is 4.10. The number of nitrogens with zero attached hydrogens (tertiary/aromatic N) is 1. The average molecular weight is 289 g/mol. The summed E-state index contributed by atoms with van der Waals surface area (Å²) < 4.78 is 5.26. The Bertz CT molecular complexity index is 524. The lowest BCUT2D eigenvalue weighted by molar-refractivity contribution is -0.117. The van der Waals surface area contributed by atoms with E-state index in [9.17, 15) is 4.79 Å². The van der Waals surface area contributed by atoms with Gasteiger partial charge in [-0.05, 0) is 49.8 Å². The van der Waals surface area contributed by atoms with Gasteiger partial charge in [0.15, 0.2) is 0 Å². The van der Waals surface area contributed by atoms with E-state index >= 15 is 0 Å². The van der Waals surface area contributed by atoms with Gasteiger partial charge < -0.3 is 15.8 Å². The van der Waals surface area contributed by atoms with Crippen LogP contribution in [0.25, 0.3) is 0 Å². The normalized spacial score (nSPS) is 17.8. The minimum Gasteiger partial charge on any atom is -0.495 e. The van der Waals surface area contributed by atoms with Crippen molar-refractivity contribution in [2.24, 2.45) is 5.92 Å². The first-order chi connectivity index (χ1) is 10.2. The number of benzene rings is 1. The Morgan fingerprint density at radius 3 is 2.76 bits per heavy atom. The molecular formula is C16H23N3O2. The zero-order valence-corrected chi connectivity index (χ0v) is 12.5. The van der Waals surface area contributed by atoms with Gasteiger partial charge in [-0.2, -0.15) is 0 Å². The highest BCUT2D eigenvalue weighted by molar-refractivity contribution is 5.94. The summed E-state index contributed by atoms with van der Waals surface area (Å²) in [5, 5.41) is 2.92. The Morgan fingerprint density at radius 1 is 1.38 bits per heavy atom. The van der Waals surface area contributed by atoms with Crippen molar-refractivity contribution in [1.82, 2.24) is 4.90 Å². The summed E-state index contributed by atoms with van der Waals surface area (Å²) in [6.07, 6.45) is 5.07. The average Bonchev–Trinajstić information content (AvgIpc) is 3.32. The van der Waals surface area contributed by atoms with Crippen molar-refractivity contribution in [3.05, 3.63) is 18.2 Å². The molecule has 0 aliphatic heterocycles. The molecule has 1 aromatic rings. The van der Waals surface area contributed by atoms with Crippen LogP contribution >= 0.6 is 0 Å². The van der Waals surface area contributed by atoms with Gasteiger partial charge in [-0.1, -0.05) is 0 Å². The Hall–Kier alpha value is -1.75. The lowest BCUT2D eigenvalue weighted by atomic mass is 10.2. The smallest absolute Gasteiger partial charge is 0.238 e. The van der Waals surface area contributed by atoms with Crippen LogP contribution in [0, 0.1) is 5.92 Å². The molecule has 0 radical (unpaired) electrons. The molecule has 1 amide bonds. The van der Waals surface area contributed by atoms with Gasteiger partial charge in [0.05, 0.1) is 19.3 Å². The molecule has 21 heavy (non-hydrogen) atoms. The van der Waals surface area contributed by atoms with Crippen molar-refractivity contribution in [2.75, 3.05) is 31.2 Å². The third-order valence-electron chi connectivity index (χ3n) is 4.10. The third kappa shape index (κ3) is 3.88. The molecule has 114 valence electrons. The Balaban J connectivity index is 1.60. The van der Waals surface area contributed by atoms with E-state index in [0.717, 1.165) is 12.5 Å². The highest BCUT2D eigenvalue weighted by Crippen LogP contribution is 2.34. The summed E-state index contributed by atoms with van der Waals surface area (Å²) in [5.41, 5.74) is 7.03. The largest absolute Gasteiger partial charge is 0.495 e. The summed E-state index contributed by atoms with van der Waals surface area (Å²) in [7, 11) is 1.59. The molecule has 2 aliphatic rings. The van der Waals surface area contributed by atoms with E-state index in [1.807, 2.05) is 0 Å². The monoisotopic (exact) mass is 289 g/mol. The Morgan fingerprint density at radius 2 is 2.14 bits per heavy atom. The SMILES string of the molecule is COc1ccc(N)cc1NC(=O)CN(CC1CC1)C1CC1. The van der Waals surface area contributed by atoms with Crippen LogP contribution in [0.2, 0.25) is 0 Å². The van der Waals surface area contributed by atoms with Gasteiger partial charge in [0.2, 0.25) is 5.91 Å². The number of rotatable bonds is 7. The first kappa shape index (κ1) is 14.2. The summed E-state index contributed by atoms with van der Waals surface area (Å²) in [6, 6.07) is 5.88. The molecule has 0 unspecified atom stereocenters. The lowest BCUT2D eigenvalue weighted by Gasteiger charge is -2.21. The minimum absolute atomic E-state index is 0.00597. The molecule has 2 saturated carbocycles. The second-order valence-corrected chi connectivity index (χ2v) is 6.11. The highest BCUT2D eigenvalue weighted by Gasteiger charge is 2.34. The van der Waals surface area contributed by atoms with Crippen molar-refractivity contribution in [2.45, 2.75) is 31.7 Å². The topological polar surface area (TPSA) is 67.6 Å². The molecule has 0 heterocycles. The quantitative estimate of drug-likeness (QED) is 0.754. The molecule has 0 saturated heterocycles. The second kappa shape index (κ2) is 5.93. The van der Waals surface area contributed by atoms with Crippen LogP contribution in [0.3, 0.4) is 0 Å². The van der Waals surface area contributed by atoms with Crippen molar-refractivity contribution in [1.29, 1.82) is 0 Å². The fraction of sp³-hybridized carbons (Fsp3) is 0.562. The number of amides is 1. The molecule has 3 rings (SSSR count). The number of carbonyl (C=O) groups is 1. The zero-order chi connectivity index (χ0) is 14.8. The van der Waals surface area contributed by atoms with Gasteiger partial charge in [0.25, 0.3) is 0 Å². The molecule has 2 aliphatic carbocycles. The predicted octanol–water partition coefficient (Wildman–Crippen LogP) is 2.09. The summed E-state index contributed by atoms with van der Waals surface area (Å²) >= 11 is 0. The number of nitrogens with two attached hydrogens (primary N) is 1. The van der Waals surface area contributed by atoms with Crippen LogP contribution in [-0.2, 0) is 4.79 Å². The first-order valence-corrected chi connectivity index (χ1v) is 7.63. The van der Waals surface area contributed by atoms with E-state index in [0.29, 0.717) is 29.7 Å². The van der Waals surface area contributed by atoms with Crippen molar-refractivity contribution in [3.63, 3.8) is 0 Å². The Kier molecular flexibility index (Phi) is 4.01. The number of ether oxygens (including phenoxy) is 1. The molecule has 0 atom stereocenters. The lowest BCUT2D eigenvalue weighted by Crippen LogP contribution is -2.36. The standard InChI is InChI=1S/C16H23N3O2/c1-21-15-7-4-12(17)8-14(15)18-16(20)10-19(13-5-6-13)9-11-2-3-11/h4,7-8,11,13H,2-3,5-6,9-10,17H2,1H3,(H,18,20). The van der Waals surface area contributed by atoms with Crippen LogP contribution in [0.4, 0.5) is 11.4 Å². The van der Waals surface area contributed by atoms with E-state index in [2.05, 4.69) is 10.2 Å². The van der Waals surface area contributed by atoms with Gasteiger partial charge in [0.1, 0.15) is 5.75 Å². The number of anilines is 2. The summed E-state index contributed by atoms with van der Waals surface area (Å²) in [5.74, 6) is 1.45. The Labute approximate surface area is 125 Å². The van der Waals surface area contributed by atoms with Gasteiger partial charge in [0, 0.05) is 18.3 Å². The van der Waals surface area contributed by atoms with Crippen LogP contribution in [-0.4, -0.2) is 37.0 Å². The van der Waals surface area contributed by atoms with Gasteiger partial charge in [-0.15, -0.1) is 0 Å². The van der Waals surface area contributed by atoms with E-state index in [1.165, 1.54) is 25.7 Å². The van der Waals surface area contributed by atoms with Crippen molar-refractivity contribution < 1.29 is 9.53 Å². The zero-order valence-electron chi connectivity index (χ0n) is 12.5. The molecule has 1 aromatic carbocycles. The number of nitrogen functional groups attached to an aromatic ring is 1. The van der Waals surface area contributed by atoms with Gasteiger partial charge in [-0.25, -0.2) is 0 Å². The highest BCUT2D eigenvalue weighted by atomic mass is 16.5. The van der Waals surface area contributed by atoms with Crippen LogP contribution in [0.5, 0.6) is 5.75 Å². The van der Waals surface area contributed by atoms with E-state index in [-0.39, 0.29) is 5.91 Å².